The Morgan fingerprint density at radius 2 is 1.81 bits per heavy atom. The summed E-state index contributed by atoms with van der Waals surface area (Å²) in [6.45, 7) is 6.32. The molecular formula is C22H27N3OS. The molecule has 0 amide bonds. The standard InChI is InChI=1S/C22H27N3OS/c1-4-15-6-8-16(9-7-15)18-14-27-21-20(18)22(26)25(19(5-2)23-21)17-10-12-24(3)13-11-17/h6-9,14,17H,4-5,10-13H2,1-3H3. The van der Waals surface area contributed by atoms with Crippen LogP contribution in [0.3, 0.4) is 0 Å². The molecule has 1 aliphatic heterocycles. The maximum Gasteiger partial charge on any atom is 0.263 e. The molecule has 0 radical (unpaired) electrons. The predicted octanol–water partition coefficient (Wildman–Crippen LogP) is 4.52. The molecule has 0 bridgehead atoms. The zero-order valence-corrected chi connectivity index (χ0v) is 17.2. The van der Waals surface area contributed by atoms with Gasteiger partial charge in [0.2, 0.25) is 0 Å². The molecule has 0 aliphatic carbocycles. The van der Waals surface area contributed by atoms with Crippen LogP contribution >= 0.6 is 11.3 Å². The van der Waals surface area contributed by atoms with Gasteiger partial charge in [0.1, 0.15) is 10.7 Å². The second kappa shape index (κ2) is 7.56. The second-order valence-corrected chi connectivity index (χ2v) is 8.33. The lowest BCUT2D eigenvalue weighted by molar-refractivity contribution is 0.216. The first-order valence-corrected chi connectivity index (χ1v) is 10.8. The van der Waals surface area contributed by atoms with Gasteiger partial charge in [0.25, 0.3) is 5.56 Å². The second-order valence-electron chi connectivity index (χ2n) is 7.47. The van der Waals surface area contributed by atoms with E-state index in [0.29, 0.717) is 0 Å². The van der Waals surface area contributed by atoms with E-state index in [1.54, 1.807) is 11.3 Å². The van der Waals surface area contributed by atoms with Crippen LogP contribution < -0.4 is 5.56 Å². The minimum absolute atomic E-state index is 0.141. The summed E-state index contributed by atoms with van der Waals surface area (Å²) in [5.41, 5.74) is 3.59. The van der Waals surface area contributed by atoms with Gasteiger partial charge in [0.05, 0.1) is 5.39 Å². The Bertz CT molecular complexity index is 995. The molecule has 3 heterocycles. The van der Waals surface area contributed by atoms with Crippen molar-refractivity contribution in [3.63, 3.8) is 0 Å². The topological polar surface area (TPSA) is 38.1 Å². The molecule has 2 aromatic heterocycles. The Balaban J connectivity index is 1.86. The van der Waals surface area contributed by atoms with Crippen molar-refractivity contribution in [3.8, 4) is 11.1 Å². The number of hydrogen-bond acceptors (Lipinski definition) is 4. The van der Waals surface area contributed by atoms with E-state index in [1.807, 2.05) is 4.57 Å². The van der Waals surface area contributed by atoms with Crippen LogP contribution in [-0.4, -0.2) is 34.6 Å². The van der Waals surface area contributed by atoms with E-state index < -0.39 is 0 Å². The zero-order valence-electron chi connectivity index (χ0n) is 16.4. The Hall–Kier alpha value is -1.98. The molecule has 0 N–H and O–H groups in total. The third-order valence-electron chi connectivity index (χ3n) is 5.76. The van der Waals surface area contributed by atoms with Crippen LogP contribution in [0.4, 0.5) is 0 Å². The first-order chi connectivity index (χ1) is 13.1. The van der Waals surface area contributed by atoms with Gasteiger partial charge in [0, 0.05) is 23.4 Å². The number of rotatable bonds is 4. The Labute approximate surface area is 164 Å². The first-order valence-electron chi connectivity index (χ1n) is 9.92. The van der Waals surface area contributed by atoms with Gasteiger partial charge in [-0.2, -0.15) is 0 Å². The number of thiophene rings is 1. The fourth-order valence-corrected chi connectivity index (χ4v) is 5.01. The average Bonchev–Trinajstić information content (AvgIpc) is 3.13. The smallest absolute Gasteiger partial charge is 0.263 e. The molecule has 1 fully saturated rings. The Morgan fingerprint density at radius 3 is 2.44 bits per heavy atom. The van der Waals surface area contributed by atoms with E-state index in [1.165, 1.54) is 5.56 Å². The predicted molar refractivity (Wildman–Crippen MR) is 114 cm³/mol. The van der Waals surface area contributed by atoms with E-state index >= 15 is 0 Å². The maximum absolute atomic E-state index is 13.6. The van der Waals surface area contributed by atoms with Gasteiger partial charge >= 0.3 is 0 Å². The van der Waals surface area contributed by atoms with E-state index in [4.69, 9.17) is 4.98 Å². The number of piperidine rings is 1. The van der Waals surface area contributed by atoms with Gasteiger partial charge in [-0.3, -0.25) is 9.36 Å². The summed E-state index contributed by atoms with van der Waals surface area (Å²) >= 11 is 1.59. The van der Waals surface area contributed by atoms with Gasteiger partial charge in [-0.15, -0.1) is 11.3 Å². The summed E-state index contributed by atoms with van der Waals surface area (Å²) in [4.78, 5) is 21.7. The molecule has 3 aromatic rings. The van der Waals surface area contributed by atoms with Crippen molar-refractivity contribution in [2.24, 2.45) is 0 Å². The number of fused-ring (bicyclic) bond motifs is 1. The number of benzene rings is 1. The minimum atomic E-state index is 0.141. The number of aromatic nitrogens is 2. The Kier molecular flexibility index (Phi) is 5.15. The summed E-state index contributed by atoms with van der Waals surface area (Å²) < 4.78 is 2.01. The first kappa shape index (κ1) is 18.4. The van der Waals surface area contributed by atoms with Crippen LogP contribution in [0.2, 0.25) is 0 Å². The van der Waals surface area contributed by atoms with Gasteiger partial charge in [-0.05, 0) is 50.5 Å². The highest BCUT2D eigenvalue weighted by atomic mass is 32.1. The van der Waals surface area contributed by atoms with Crippen molar-refractivity contribution in [2.75, 3.05) is 20.1 Å². The third-order valence-corrected chi connectivity index (χ3v) is 6.63. The molecule has 0 atom stereocenters. The van der Waals surface area contributed by atoms with Crippen LogP contribution in [0.5, 0.6) is 0 Å². The minimum Gasteiger partial charge on any atom is -0.306 e. The number of hydrogen-bond donors (Lipinski definition) is 0. The normalized spacial score (nSPS) is 16.3. The molecule has 4 nitrogen and oxygen atoms in total. The summed E-state index contributed by atoms with van der Waals surface area (Å²) in [6, 6.07) is 8.83. The molecule has 0 saturated carbocycles. The lowest BCUT2D eigenvalue weighted by atomic mass is 10.0. The van der Waals surface area contributed by atoms with Gasteiger partial charge < -0.3 is 4.90 Å². The van der Waals surface area contributed by atoms with Crippen molar-refractivity contribution >= 4 is 21.6 Å². The number of aryl methyl sites for hydroxylation is 2. The molecule has 1 aliphatic rings. The van der Waals surface area contributed by atoms with Crippen LogP contribution in [0.1, 0.15) is 44.1 Å². The molecule has 0 spiro atoms. The number of likely N-dealkylation sites (tertiary alicyclic amines) is 1. The quantitative estimate of drug-likeness (QED) is 0.667. The largest absolute Gasteiger partial charge is 0.306 e. The Morgan fingerprint density at radius 1 is 1.11 bits per heavy atom. The molecular weight excluding hydrogens is 354 g/mol. The SMILES string of the molecule is CCc1ccc(-c2csc3nc(CC)n(C4CCN(C)CC4)c(=O)c23)cc1. The van der Waals surface area contributed by atoms with Crippen LogP contribution in [0.25, 0.3) is 21.3 Å². The third kappa shape index (κ3) is 3.34. The average molecular weight is 382 g/mol. The summed E-state index contributed by atoms with van der Waals surface area (Å²) in [6.07, 6.45) is 3.84. The van der Waals surface area contributed by atoms with Crippen molar-refractivity contribution in [2.45, 2.75) is 45.6 Å². The summed E-state index contributed by atoms with van der Waals surface area (Å²) in [5, 5.41) is 2.89. The highest BCUT2D eigenvalue weighted by Gasteiger charge is 2.24. The molecule has 142 valence electrons. The monoisotopic (exact) mass is 381 g/mol. The maximum atomic E-state index is 13.6. The summed E-state index contributed by atoms with van der Waals surface area (Å²) in [7, 11) is 2.15. The lowest BCUT2D eigenvalue weighted by Crippen LogP contribution is -2.37. The molecule has 5 heteroatoms. The lowest BCUT2D eigenvalue weighted by Gasteiger charge is -2.31. The van der Waals surface area contributed by atoms with Crippen molar-refractivity contribution < 1.29 is 0 Å². The zero-order chi connectivity index (χ0) is 19.0. The van der Waals surface area contributed by atoms with Crippen molar-refractivity contribution in [3.05, 3.63) is 51.4 Å². The molecule has 4 rings (SSSR count). The fourth-order valence-electron chi connectivity index (χ4n) is 4.06. The van der Waals surface area contributed by atoms with Crippen LogP contribution in [-0.2, 0) is 12.8 Å². The van der Waals surface area contributed by atoms with E-state index in [9.17, 15) is 4.79 Å². The summed E-state index contributed by atoms with van der Waals surface area (Å²) in [5.74, 6) is 0.928. The van der Waals surface area contributed by atoms with Crippen LogP contribution in [0.15, 0.2) is 34.4 Å². The van der Waals surface area contributed by atoms with Crippen LogP contribution in [0, 0.1) is 0 Å². The highest BCUT2D eigenvalue weighted by Crippen LogP contribution is 2.32. The van der Waals surface area contributed by atoms with Crippen molar-refractivity contribution in [1.82, 2.24) is 14.5 Å². The molecule has 0 unspecified atom stereocenters. The van der Waals surface area contributed by atoms with Crippen molar-refractivity contribution in [1.29, 1.82) is 0 Å². The van der Waals surface area contributed by atoms with Gasteiger partial charge in [-0.1, -0.05) is 38.1 Å². The van der Waals surface area contributed by atoms with E-state index in [0.717, 1.165) is 65.9 Å². The fraction of sp³-hybridized carbons (Fsp3) is 0.455. The number of nitrogens with zero attached hydrogens (tertiary/aromatic N) is 3. The highest BCUT2D eigenvalue weighted by molar-refractivity contribution is 7.17. The van der Waals surface area contributed by atoms with Gasteiger partial charge in [-0.25, -0.2) is 4.98 Å². The van der Waals surface area contributed by atoms with E-state index in [-0.39, 0.29) is 11.6 Å². The van der Waals surface area contributed by atoms with Gasteiger partial charge in [0.15, 0.2) is 0 Å². The molecule has 27 heavy (non-hydrogen) atoms. The van der Waals surface area contributed by atoms with E-state index in [2.05, 4.69) is 55.4 Å². The molecule has 1 saturated heterocycles. The molecule has 1 aromatic carbocycles.